The van der Waals surface area contributed by atoms with Crippen molar-refractivity contribution in [1.82, 2.24) is 4.98 Å². The number of nitrogens with one attached hydrogen (secondary N) is 1. The number of halogens is 5. The molecule has 0 aliphatic rings. The van der Waals surface area contributed by atoms with Gasteiger partial charge in [-0.2, -0.15) is 13.2 Å². The van der Waals surface area contributed by atoms with Crippen molar-refractivity contribution in [3.63, 3.8) is 0 Å². The standard InChI is InChI=1S/C14H13ClF4N2/c1-3-4-20-11-7(2)13(14(17,18)19)21-12-9(11)5-8(16)6-10(12)15/h5-6H,3-4H2,1-2H3,(H,20,21). The average molecular weight is 321 g/mol. The summed E-state index contributed by atoms with van der Waals surface area (Å²) in [7, 11) is 0. The fraction of sp³-hybridized carbons (Fsp3) is 0.357. The molecule has 0 atom stereocenters. The monoisotopic (exact) mass is 320 g/mol. The Hall–Kier alpha value is -1.56. The highest BCUT2D eigenvalue weighted by Gasteiger charge is 2.36. The van der Waals surface area contributed by atoms with Crippen LogP contribution < -0.4 is 5.32 Å². The fourth-order valence-corrected chi connectivity index (χ4v) is 2.39. The van der Waals surface area contributed by atoms with Crippen LogP contribution in [0.15, 0.2) is 12.1 Å². The van der Waals surface area contributed by atoms with E-state index in [1.54, 1.807) is 0 Å². The summed E-state index contributed by atoms with van der Waals surface area (Å²) in [6.07, 6.45) is -3.88. The Labute approximate surface area is 124 Å². The van der Waals surface area contributed by atoms with Crippen LogP contribution in [0, 0.1) is 12.7 Å². The third-order valence-electron chi connectivity index (χ3n) is 3.07. The Morgan fingerprint density at radius 3 is 2.52 bits per heavy atom. The van der Waals surface area contributed by atoms with Crippen LogP contribution in [-0.4, -0.2) is 11.5 Å². The molecular weight excluding hydrogens is 308 g/mol. The van der Waals surface area contributed by atoms with E-state index in [1.165, 1.54) is 6.92 Å². The lowest BCUT2D eigenvalue weighted by Gasteiger charge is -2.18. The summed E-state index contributed by atoms with van der Waals surface area (Å²) in [6, 6.07) is 2.09. The topological polar surface area (TPSA) is 24.9 Å². The Bertz CT molecular complexity index is 683. The fourth-order valence-electron chi connectivity index (χ4n) is 2.14. The van der Waals surface area contributed by atoms with E-state index in [9.17, 15) is 17.6 Å². The summed E-state index contributed by atoms with van der Waals surface area (Å²) < 4.78 is 52.8. The Kier molecular flexibility index (Phi) is 4.27. The molecule has 2 aromatic rings. The summed E-state index contributed by atoms with van der Waals surface area (Å²) in [4.78, 5) is 3.59. The second-order valence-corrected chi connectivity index (χ2v) is 5.08. The normalized spacial score (nSPS) is 12.0. The molecule has 0 aliphatic heterocycles. The van der Waals surface area contributed by atoms with Crippen LogP contribution in [0.1, 0.15) is 24.6 Å². The second kappa shape index (κ2) is 5.67. The first-order chi connectivity index (χ1) is 9.75. The van der Waals surface area contributed by atoms with Gasteiger partial charge in [0.2, 0.25) is 0 Å². The van der Waals surface area contributed by atoms with Crippen molar-refractivity contribution in [2.45, 2.75) is 26.4 Å². The number of benzene rings is 1. The lowest BCUT2D eigenvalue weighted by molar-refractivity contribution is -0.141. The van der Waals surface area contributed by atoms with E-state index in [2.05, 4.69) is 10.3 Å². The second-order valence-electron chi connectivity index (χ2n) is 4.67. The Morgan fingerprint density at radius 1 is 1.29 bits per heavy atom. The predicted molar refractivity (Wildman–Crippen MR) is 75.2 cm³/mol. The lowest BCUT2D eigenvalue weighted by Crippen LogP contribution is -2.14. The van der Waals surface area contributed by atoms with Crippen LogP contribution >= 0.6 is 11.6 Å². The molecule has 0 unspecified atom stereocenters. The van der Waals surface area contributed by atoms with Gasteiger partial charge in [-0.25, -0.2) is 9.37 Å². The highest BCUT2D eigenvalue weighted by atomic mass is 35.5. The predicted octanol–water partition coefficient (Wildman–Crippen LogP) is 5.18. The number of hydrogen-bond acceptors (Lipinski definition) is 2. The molecule has 1 N–H and O–H groups in total. The van der Waals surface area contributed by atoms with Crippen LogP contribution in [0.3, 0.4) is 0 Å². The number of fused-ring (bicyclic) bond motifs is 1. The molecule has 0 radical (unpaired) electrons. The van der Waals surface area contributed by atoms with E-state index in [0.29, 0.717) is 13.0 Å². The molecule has 114 valence electrons. The largest absolute Gasteiger partial charge is 0.433 e. The SMILES string of the molecule is CCCNc1c(C)c(C(F)(F)F)nc2c(Cl)cc(F)cc12. The molecule has 2 nitrogen and oxygen atoms in total. The van der Waals surface area contributed by atoms with E-state index >= 15 is 0 Å². The number of anilines is 1. The molecule has 1 aromatic carbocycles. The maximum absolute atomic E-state index is 13.5. The first kappa shape index (κ1) is 15.8. The van der Waals surface area contributed by atoms with Crippen LogP contribution in [0.25, 0.3) is 10.9 Å². The quantitative estimate of drug-likeness (QED) is 0.788. The number of alkyl halides is 3. The molecule has 0 saturated carbocycles. The summed E-state index contributed by atoms with van der Waals surface area (Å²) in [5.74, 6) is -0.618. The summed E-state index contributed by atoms with van der Waals surface area (Å²) in [5.41, 5.74) is -0.919. The Morgan fingerprint density at radius 2 is 1.95 bits per heavy atom. The minimum atomic E-state index is -4.60. The molecule has 0 bridgehead atoms. The molecule has 0 fully saturated rings. The van der Waals surface area contributed by atoms with Gasteiger partial charge >= 0.3 is 6.18 Å². The minimum Gasteiger partial charge on any atom is -0.384 e. The molecule has 7 heteroatoms. The van der Waals surface area contributed by atoms with Gasteiger partial charge in [0.1, 0.15) is 11.5 Å². The number of hydrogen-bond donors (Lipinski definition) is 1. The van der Waals surface area contributed by atoms with Gasteiger partial charge < -0.3 is 5.32 Å². The van der Waals surface area contributed by atoms with E-state index < -0.39 is 17.7 Å². The number of aromatic nitrogens is 1. The average Bonchev–Trinajstić information content (AvgIpc) is 2.35. The molecule has 1 heterocycles. The Balaban J connectivity index is 2.83. The summed E-state index contributed by atoms with van der Waals surface area (Å²) >= 11 is 5.85. The molecule has 1 aromatic heterocycles. The van der Waals surface area contributed by atoms with Crippen molar-refractivity contribution in [3.8, 4) is 0 Å². The molecule has 0 saturated heterocycles. The van der Waals surface area contributed by atoms with E-state index in [-0.39, 0.29) is 27.2 Å². The highest BCUT2D eigenvalue weighted by Crippen LogP contribution is 2.39. The van der Waals surface area contributed by atoms with Crippen molar-refractivity contribution in [3.05, 3.63) is 34.2 Å². The molecule has 0 aliphatic carbocycles. The summed E-state index contributed by atoms with van der Waals surface area (Å²) in [5, 5.41) is 3.01. The lowest BCUT2D eigenvalue weighted by atomic mass is 10.1. The van der Waals surface area contributed by atoms with Crippen molar-refractivity contribution in [2.75, 3.05) is 11.9 Å². The van der Waals surface area contributed by atoms with E-state index in [4.69, 9.17) is 11.6 Å². The molecule has 0 spiro atoms. The van der Waals surface area contributed by atoms with E-state index in [0.717, 1.165) is 12.1 Å². The zero-order valence-corrected chi connectivity index (χ0v) is 12.2. The van der Waals surface area contributed by atoms with Crippen LogP contribution in [0.2, 0.25) is 5.02 Å². The number of nitrogens with zero attached hydrogens (tertiary/aromatic N) is 1. The number of pyridine rings is 1. The molecule has 2 rings (SSSR count). The van der Waals surface area contributed by atoms with Crippen molar-refractivity contribution < 1.29 is 17.6 Å². The molecular formula is C14H13ClF4N2. The first-order valence-electron chi connectivity index (χ1n) is 6.36. The van der Waals surface area contributed by atoms with Gasteiger partial charge in [0, 0.05) is 23.2 Å². The van der Waals surface area contributed by atoms with E-state index in [1.807, 2.05) is 6.92 Å². The maximum atomic E-state index is 13.5. The smallest absolute Gasteiger partial charge is 0.384 e. The molecule has 21 heavy (non-hydrogen) atoms. The zero-order chi connectivity index (χ0) is 15.8. The van der Waals surface area contributed by atoms with Crippen molar-refractivity contribution >= 4 is 28.2 Å². The van der Waals surface area contributed by atoms with Crippen LogP contribution in [0.4, 0.5) is 23.2 Å². The van der Waals surface area contributed by atoms with Gasteiger partial charge in [-0.3, -0.25) is 0 Å². The zero-order valence-electron chi connectivity index (χ0n) is 11.4. The van der Waals surface area contributed by atoms with Gasteiger partial charge in [-0.1, -0.05) is 18.5 Å². The highest BCUT2D eigenvalue weighted by molar-refractivity contribution is 6.35. The van der Waals surface area contributed by atoms with Gasteiger partial charge in [0.25, 0.3) is 0 Å². The van der Waals surface area contributed by atoms with Gasteiger partial charge in [-0.05, 0) is 25.5 Å². The third-order valence-corrected chi connectivity index (χ3v) is 3.36. The molecule has 0 amide bonds. The maximum Gasteiger partial charge on any atom is 0.433 e. The van der Waals surface area contributed by atoms with Crippen molar-refractivity contribution in [2.24, 2.45) is 0 Å². The van der Waals surface area contributed by atoms with Crippen LogP contribution in [0.5, 0.6) is 0 Å². The third kappa shape index (κ3) is 3.05. The van der Waals surface area contributed by atoms with Gasteiger partial charge in [0.15, 0.2) is 0 Å². The van der Waals surface area contributed by atoms with Gasteiger partial charge in [0.05, 0.1) is 10.5 Å². The van der Waals surface area contributed by atoms with Crippen molar-refractivity contribution in [1.29, 1.82) is 0 Å². The minimum absolute atomic E-state index is 0.0606. The summed E-state index contributed by atoms with van der Waals surface area (Å²) in [6.45, 7) is 3.65. The van der Waals surface area contributed by atoms with Gasteiger partial charge in [-0.15, -0.1) is 0 Å². The number of rotatable bonds is 3. The van der Waals surface area contributed by atoms with Crippen LogP contribution in [-0.2, 0) is 6.18 Å². The first-order valence-corrected chi connectivity index (χ1v) is 6.74.